The fourth-order valence-electron chi connectivity index (χ4n) is 2.50. The molecule has 3 rings (SSSR count). The van der Waals surface area contributed by atoms with E-state index in [0.29, 0.717) is 11.9 Å². The maximum atomic E-state index is 12.1. The number of carboxylic acids is 1. The Hall–Kier alpha value is -2.56. The average Bonchev–Trinajstić information content (AvgIpc) is 2.80. The molecule has 3 aromatic rings. The Morgan fingerprint density at radius 2 is 2.00 bits per heavy atom. The Balaban J connectivity index is 2.30. The highest BCUT2D eigenvalue weighted by molar-refractivity contribution is 5.79. The van der Waals surface area contributed by atoms with Crippen LogP contribution < -0.4 is 5.56 Å². The van der Waals surface area contributed by atoms with Crippen LogP contribution in [-0.4, -0.2) is 20.5 Å². The van der Waals surface area contributed by atoms with Gasteiger partial charge in [0, 0.05) is 5.69 Å². The number of aromatic nitrogens is 2. The SMILES string of the molecule is Cc1ccc2c(c1)[nH]c(=O)c1ccc(CCC(=O)O)n12. The van der Waals surface area contributed by atoms with E-state index in [0.717, 1.165) is 22.3 Å². The number of benzene rings is 1. The lowest BCUT2D eigenvalue weighted by molar-refractivity contribution is -0.136. The molecule has 0 spiro atoms. The highest BCUT2D eigenvalue weighted by Gasteiger charge is 2.10. The van der Waals surface area contributed by atoms with Gasteiger partial charge >= 0.3 is 5.97 Å². The lowest BCUT2D eigenvalue weighted by Crippen LogP contribution is -2.11. The first-order chi connectivity index (χ1) is 9.56. The van der Waals surface area contributed by atoms with Crippen LogP contribution in [-0.2, 0) is 11.2 Å². The van der Waals surface area contributed by atoms with E-state index in [1.165, 1.54) is 0 Å². The van der Waals surface area contributed by atoms with E-state index in [-0.39, 0.29) is 12.0 Å². The molecule has 0 fully saturated rings. The summed E-state index contributed by atoms with van der Waals surface area (Å²) in [5, 5.41) is 8.81. The number of aryl methyl sites for hydroxylation is 2. The van der Waals surface area contributed by atoms with Crippen molar-refractivity contribution in [3.05, 3.63) is 51.9 Å². The van der Waals surface area contributed by atoms with Crippen molar-refractivity contribution in [3.63, 3.8) is 0 Å². The second kappa shape index (κ2) is 4.52. The number of carboxylic acid groups (broad SMARTS) is 1. The second-order valence-electron chi connectivity index (χ2n) is 4.91. The van der Waals surface area contributed by atoms with Crippen LogP contribution in [0, 0.1) is 6.92 Å². The predicted molar refractivity (Wildman–Crippen MR) is 76.2 cm³/mol. The van der Waals surface area contributed by atoms with Crippen LogP contribution in [0.15, 0.2) is 35.1 Å². The molecule has 1 aromatic carbocycles. The quantitative estimate of drug-likeness (QED) is 0.765. The van der Waals surface area contributed by atoms with Gasteiger partial charge in [0.1, 0.15) is 5.52 Å². The highest BCUT2D eigenvalue weighted by atomic mass is 16.4. The summed E-state index contributed by atoms with van der Waals surface area (Å²) < 4.78 is 1.84. The Labute approximate surface area is 114 Å². The van der Waals surface area contributed by atoms with E-state index in [4.69, 9.17) is 5.11 Å². The Kier molecular flexibility index (Phi) is 2.82. The Morgan fingerprint density at radius 1 is 1.25 bits per heavy atom. The minimum Gasteiger partial charge on any atom is -0.481 e. The molecule has 0 bridgehead atoms. The number of fused-ring (bicyclic) bond motifs is 3. The molecule has 2 heterocycles. The van der Waals surface area contributed by atoms with Crippen LogP contribution in [0.4, 0.5) is 0 Å². The molecular formula is C15H14N2O3. The van der Waals surface area contributed by atoms with Gasteiger partial charge in [-0.3, -0.25) is 9.59 Å². The lowest BCUT2D eigenvalue weighted by Gasteiger charge is -2.07. The van der Waals surface area contributed by atoms with Crippen molar-refractivity contribution in [1.82, 2.24) is 9.38 Å². The van der Waals surface area contributed by atoms with Crippen molar-refractivity contribution in [2.24, 2.45) is 0 Å². The van der Waals surface area contributed by atoms with Crippen molar-refractivity contribution in [2.45, 2.75) is 19.8 Å². The molecule has 0 aliphatic rings. The third-order valence-electron chi connectivity index (χ3n) is 3.43. The van der Waals surface area contributed by atoms with Crippen LogP contribution >= 0.6 is 0 Å². The molecule has 0 unspecified atom stereocenters. The zero-order valence-electron chi connectivity index (χ0n) is 11.0. The van der Waals surface area contributed by atoms with Crippen molar-refractivity contribution >= 4 is 22.5 Å². The highest BCUT2D eigenvalue weighted by Crippen LogP contribution is 2.18. The average molecular weight is 270 g/mol. The van der Waals surface area contributed by atoms with E-state index in [9.17, 15) is 9.59 Å². The van der Waals surface area contributed by atoms with Gasteiger partial charge in [0.15, 0.2) is 0 Å². The van der Waals surface area contributed by atoms with Gasteiger partial charge in [-0.15, -0.1) is 0 Å². The number of H-pyrrole nitrogens is 1. The molecule has 5 heteroatoms. The summed E-state index contributed by atoms with van der Waals surface area (Å²) in [6.07, 6.45) is 0.447. The smallest absolute Gasteiger partial charge is 0.303 e. The summed E-state index contributed by atoms with van der Waals surface area (Å²) in [6.45, 7) is 1.96. The number of hydrogen-bond donors (Lipinski definition) is 2. The number of nitrogens with one attached hydrogen (secondary N) is 1. The van der Waals surface area contributed by atoms with Crippen LogP contribution in [0.25, 0.3) is 16.6 Å². The van der Waals surface area contributed by atoms with Crippen molar-refractivity contribution < 1.29 is 9.90 Å². The molecule has 0 amide bonds. The molecule has 0 saturated heterocycles. The molecule has 102 valence electrons. The summed E-state index contributed by atoms with van der Waals surface area (Å²) in [7, 11) is 0. The minimum atomic E-state index is -0.843. The fourth-order valence-corrected chi connectivity index (χ4v) is 2.50. The zero-order chi connectivity index (χ0) is 14.3. The predicted octanol–water partition coefficient (Wildman–Crippen LogP) is 2.11. The first-order valence-corrected chi connectivity index (χ1v) is 6.41. The summed E-state index contributed by atoms with van der Waals surface area (Å²) in [5.74, 6) is -0.843. The summed E-state index contributed by atoms with van der Waals surface area (Å²) >= 11 is 0. The van der Waals surface area contributed by atoms with E-state index in [2.05, 4.69) is 4.98 Å². The number of carbonyl (C=O) groups is 1. The molecule has 5 nitrogen and oxygen atoms in total. The van der Waals surface area contributed by atoms with Crippen LogP contribution in [0.2, 0.25) is 0 Å². The Morgan fingerprint density at radius 3 is 2.75 bits per heavy atom. The molecule has 0 radical (unpaired) electrons. The van der Waals surface area contributed by atoms with Gasteiger partial charge in [0.05, 0.1) is 17.5 Å². The lowest BCUT2D eigenvalue weighted by atomic mass is 10.2. The van der Waals surface area contributed by atoms with Crippen molar-refractivity contribution in [2.75, 3.05) is 0 Å². The molecule has 0 saturated carbocycles. The number of aliphatic carboxylic acids is 1. The van der Waals surface area contributed by atoms with Gasteiger partial charge in [0.25, 0.3) is 5.56 Å². The zero-order valence-corrected chi connectivity index (χ0v) is 11.0. The van der Waals surface area contributed by atoms with E-state index in [1.54, 1.807) is 6.07 Å². The van der Waals surface area contributed by atoms with E-state index >= 15 is 0 Å². The summed E-state index contributed by atoms with van der Waals surface area (Å²) in [5.41, 5.74) is 3.92. The first-order valence-electron chi connectivity index (χ1n) is 6.41. The first kappa shape index (κ1) is 12.5. The van der Waals surface area contributed by atoms with Crippen LogP contribution in [0.5, 0.6) is 0 Å². The fraction of sp³-hybridized carbons (Fsp3) is 0.200. The Bertz CT molecular complexity index is 874. The van der Waals surface area contributed by atoms with Gasteiger partial charge in [-0.1, -0.05) is 6.07 Å². The van der Waals surface area contributed by atoms with Gasteiger partial charge < -0.3 is 14.5 Å². The topological polar surface area (TPSA) is 74.6 Å². The molecule has 0 aliphatic carbocycles. The molecule has 2 N–H and O–H groups in total. The standard InChI is InChI=1S/C15H14N2O3/c1-9-2-5-12-11(8-9)16-15(20)13-6-3-10(17(12)13)4-7-14(18)19/h2-3,5-6,8H,4,7H2,1H3,(H,16,20)(H,18,19). The molecule has 0 aliphatic heterocycles. The summed E-state index contributed by atoms with van der Waals surface area (Å²) in [4.78, 5) is 25.7. The molecule has 0 atom stereocenters. The third-order valence-corrected chi connectivity index (χ3v) is 3.43. The minimum absolute atomic E-state index is 0.0479. The number of nitrogens with zero attached hydrogens (tertiary/aromatic N) is 1. The van der Waals surface area contributed by atoms with Gasteiger partial charge in [0.2, 0.25) is 0 Å². The van der Waals surface area contributed by atoms with Gasteiger partial charge in [-0.25, -0.2) is 0 Å². The molecule has 2 aromatic heterocycles. The number of rotatable bonds is 3. The van der Waals surface area contributed by atoms with Crippen molar-refractivity contribution in [3.8, 4) is 0 Å². The number of hydrogen-bond acceptors (Lipinski definition) is 2. The largest absolute Gasteiger partial charge is 0.481 e. The summed E-state index contributed by atoms with van der Waals surface area (Å²) in [6, 6.07) is 9.37. The van der Waals surface area contributed by atoms with Gasteiger partial charge in [-0.05, 0) is 43.2 Å². The monoisotopic (exact) mass is 270 g/mol. The third kappa shape index (κ3) is 1.97. The molecular weight excluding hydrogens is 256 g/mol. The van der Waals surface area contributed by atoms with Crippen LogP contribution in [0.1, 0.15) is 17.7 Å². The maximum Gasteiger partial charge on any atom is 0.303 e. The van der Waals surface area contributed by atoms with Gasteiger partial charge in [-0.2, -0.15) is 0 Å². The van der Waals surface area contributed by atoms with Crippen LogP contribution in [0.3, 0.4) is 0 Å². The second-order valence-corrected chi connectivity index (χ2v) is 4.91. The van der Waals surface area contributed by atoms with Crippen molar-refractivity contribution in [1.29, 1.82) is 0 Å². The van der Waals surface area contributed by atoms with E-state index < -0.39 is 5.97 Å². The van der Waals surface area contributed by atoms with E-state index in [1.807, 2.05) is 35.6 Å². The number of aromatic amines is 1. The maximum absolute atomic E-state index is 12.1. The molecule has 20 heavy (non-hydrogen) atoms. The normalized spacial score (nSPS) is 11.2.